The van der Waals surface area contributed by atoms with Gasteiger partial charge < -0.3 is 5.73 Å². The predicted octanol–water partition coefficient (Wildman–Crippen LogP) is 3.49. The van der Waals surface area contributed by atoms with Gasteiger partial charge in [-0.05, 0) is 35.4 Å². The minimum Gasteiger partial charge on any atom is -0.326 e. The van der Waals surface area contributed by atoms with E-state index in [1.54, 1.807) is 11.8 Å². The SMILES string of the molecule is Cc1cc(Sc2ccc(CN)c3ccccc23)n(C)n1. The molecule has 0 amide bonds. The molecular formula is C16H17N3S. The first-order valence-corrected chi connectivity index (χ1v) is 7.40. The van der Waals surface area contributed by atoms with E-state index in [1.807, 2.05) is 18.7 Å². The zero-order valence-corrected chi connectivity index (χ0v) is 12.4. The molecule has 102 valence electrons. The third kappa shape index (κ3) is 2.32. The van der Waals surface area contributed by atoms with Crippen molar-refractivity contribution < 1.29 is 0 Å². The smallest absolute Gasteiger partial charge is 0.0987 e. The van der Waals surface area contributed by atoms with Crippen LogP contribution in [0.25, 0.3) is 10.8 Å². The molecule has 3 rings (SSSR count). The van der Waals surface area contributed by atoms with Crippen molar-refractivity contribution in [2.24, 2.45) is 12.8 Å². The molecule has 0 atom stereocenters. The van der Waals surface area contributed by atoms with Crippen LogP contribution in [0.3, 0.4) is 0 Å². The Hall–Kier alpha value is -1.78. The summed E-state index contributed by atoms with van der Waals surface area (Å²) in [6, 6.07) is 14.8. The Morgan fingerprint density at radius 2 is 1.90 bits per heavy atom. The summed E-state index contributed by atoms with van der Waals surface area (Å²) in [5.41, 5.74) is 8.05. The van der Waals surface area contributed by atoms with Crippen LogP contribution in [-0.4, -0.2) is 9.78 Å². The second-order valence-electron chi connectivity index (χ2n) is 4.82. The summed E-state index contributed by atoms with van der Waals surface area (Å²) >= 11 is 1.74. The summed E-state index contributed by atoms with van der Waals surface area (Å²) in [6.07, 6.45) is 0. The van der Waals surface area contributed by atoms with Crippen LogP contribution < -0.4 is 5.73 Å². The molecule has 0 spiro atoms. The molecule has 0 radical (unpaired) electrons. The molecule has 3 nitrogen and oxygen atoms in total. The second kappa shape index (κ2) is 5.31. The minimum absolute atomic E-state index is 0.566. The summed E-state index contributed by atoms with van der Waals surface area (Å²) in [7, 11) is 1.98. The molecule has 1 heterocycles. The van der Waals surface area contributed by atoms with Crippen LogP contribution in [0.4, 0.5) is 0 Å². The molecule has 2 aromatic carbocycles. The number of rotatable bonds is 3. The zero-order chi connectivity index (χ0) is 14.1. The molecule has 2 N–H and O–H groups in total. The Kier molecular flexibility index (Phi) is 3.51. The molecule has 0 saturated heterocycles. The monoisotopic (exact) mass is 283 g/mol. The number of fused-ring (bicyclic) bond motifs is 1. The van der Waals surface area contributed by atoms with Crippen molar-refractivity contribution >= 4 is 22.5 Å². The maximum Gasteiger partial charge on any atom is 0.0987 e. The summed E-state index contributed by atoms with van der Waals surface area (Å²) in [6.45, 7) is 2.58. The molecule has 20 heavy (non-hydrogen) atoms. The lowest BCUT2D eigenvalue weighted by Gasteiger charge is -2.09. The van der Waals surface area contributed by atoms with Gasteiger partial charge in [-0.25, -0.2) is 0 Å². The first-order valence-electron chi connectivity index (χ1n) is 6.58. The molecule has 0 aliphatic heterocycles. The maximum atomic E-state index is 5.83. The second-order valence-corrected chi connectivity index (χ2v) is 5.88. The van der Waals surface area contributed by atoms with Gasteiger partial charge in [-0.1, -0.05) is 42.1 Å². The molecule has 0 saturated carbocycles. The normalized spacial score (nSPS) is 11.2. The van der Waals surface area contributed by atoms with Gasteiger partial charge in [0, 0.05) is 18.5 Å². The Labute approximate surface area is 122 Å². The number of aryl methyl sites for hydroxylation is 2. The highest BCUT2D eigenvalue weighted by atomic mass is 32.2. The third-order valence-electron chi connectivity index (χ3n) is 3.37. The molecule has 0 unspecified atom stereocenters. The van der Waals surface area contributed by atoms with Crippen molar-refractivity contribution in [2.45, 2.75) is 23.4 Å². The van der Waals surface area contributed by atoms with Gasteiger partial charge in [-0.3, -0.25) is 4.68 Å². The van der Waals surface area contributed by atoms with Crippen LogP contribution in [0.5, 0.6) is 0 Å². The Balaban J connectivity index is 2.10. The number of benzene rings is 2. The fraction of sp³-hybridized carbons (Fsp3) is 0.188. The molecule has 0 fully saturated rings. The highest BCUT2D eigenvalue weighted by Crippen LogP contribution is 2.34. The van der Waals surface area contributed by atoms with Crippen molar-refractivity contribution in [3.05, 3.63) is 53.7 Å². The van der Waals surface area contributed by atoms with E-state index in [9.17, 15) is 0 Å². The molecule has 0 bridgehead atoms. The number of nitrogens with zero attached hydrogens (tertiary/aromatic N) is 2. The molecule has 1 aromatic heterocycles. The molecule has 3 aromatic rings. The van der Waals surface area contributed by atoms with Crippen molar-refractivity contribution in [3.8, 4) is 0 Å². The van der Waals surface area contributed by atoms with E-state index >= 15 is 0 Å². The average Bonchev–Trinajstić information content (AvgIpc) is 2.77. The van der Waals surface area contributed by atoms with E-state index in [0.29, 0.717) is 6.54 Å². The van der Waals surface area contributed by atoms with E-state index in [2.05, 4.69) is 47.6 Å². The molecule has 0 aliphatic rings. The van der Waals surface area contributed by atoms with Gasteiger partial charge in [0.05, 0.1) is 10.7 Å². The number of hydrogen-bond acceptors (Lipinski definition) is 3. The van der Waals surface area contributed by atoms with Gasteiger partial charge in [0.1, 0.15) is 0 Å². The van der Waals surface area contributed by atoms with Crippen molar-refractivity contribution in [1.29, 1.82) is 0 Å². The van der Waals surface area contributed by atoms with Crippen molar-refractivity contribution in [1.82, 2.24) is 9.78 Å². The van der Waals surface area contributed by atoms with Gasteiger partial charge in [-0.15, -0.1) is 0 Å². The van der Waals surface area contributed by atoms with Crippen LogP contribution >= 0.6 is 11.8 Å². The standard InChI is InChI=1S/C16H17N3S/c1-11-9-16(19(2)18-11)20-15-8-7-12(10-17)13-5-3-4-6-14(13)15/h3-9H,10,17H2,1-2H3. The number of hydrogen-bond donors (Lipinski definition) is 1. The summed E-state index contributed by atoms with van der Waals surface area (Å²) in [4.78, 5) is 1.24. The van der Waals surface area contributed by atoms with Gasteiger partial charge in [0.15, 0.2) is 0 Å². The van der Waals surface area contributed by atoms with Gasteiger partial charge in [0.25, 0.3) is 0 Å². The van der Waals surface area contributed by atoms with Crippen LogP contribution in [0.2, 0.25) is 0 Å². The summed E-state index contributed by atoms with van der Waals surface area (Å²) in [5, 5.41) is 8.03. The van der Waals surface area contributed by atoms with Crippen LogP contribution in [0.15, 0.2) is 52.4 Å². The Morgan fingerprint density at radius 1 is 1.15 bits per heavy atom. The largest absolute Gasteiger partial charge is 0.326 e. The van der Waals surface area contributed by atoms with E-state index in [1.165, 1.54) is 21.2 Å². The van der Waals surface area contributed by atoms with Gasteiger partial charge >= 0.3 is 0 Å². The number of nitrogens with two attached hydrogens (primary N) is 1. The Morgan fingerprint density at radius 3 is 2.55 bits per heavy atom. The third-order valence-corrected chi connectivity index (χ3v) is 4.53. The first kappa shape index (κ1) is 13.2. The molecular weight excluding hydrogens is 266 g/mol. The average molecular weight is 283 g/mol. The lowest BCUT2D eigenvalue weighted by Crippen LogP contribution is -1.97. The van der Waals surface area contributed by atoms with Crippen LogP contribution in [0, 0.1) is 6.92 Å². The van der Waals surface area contributed by atoms with E-state index in [4.69, 9.17) is 5.73 Å². The lowest BCUT2D eigenvalue weighted by atomic mass is 10.0. The van der Waals surface area contributed by atoms with Crippen molar-refractivity contribution in [3.63, 3.8) is 0 Å². The maximum absolute atomic E-state index is 5.83. The molecule has 4 heteroatoms. The van der Waals surface area contributed by atoms with Crippen LogP contribution in [-0.2, 0) is 13.6 Å². The van der Waals surface area contributed by atoms with E-state index in [-0.39, 0.29) is 0 Å². The zero-order valence-electron chi connectivity index (χ0n) is 11.6. The first-order chi connectivity index (χ1) is 9.69. The number of aromatic nitrogens is 2. The predicted molar refractivity (Wildman–Crippen MR) is 83.9 cm³/mol. The van der Waals surface area contributed by atoms with E-state index < -0.39 is 0 Å². The summed E-state index contributed by atoms with van der Waals surface area (Å²) < 4.78 is 1.92. The van der Waals surface area contributed by atoms with Crippen LogP contribution in [0.1, 0.15) is 11.3 Å². The van der Waals surface area contributed by atoms with E-state index in [0.717, 1.165) is 10.7 Å². The fourth-order valence-electron chi connectivity index (χ4n) is 2.40. The van der Waals surface area contributed by atoms with Crippen molar-refractivity contribution in [2.75, 3.05) is 0 Å². The highest BCUT2D eigenvalue weighted by Gasteiger charge is 2.09. The Bertz CT molecular complexity index is 762. The summed E-state index contributed by atoms with van der Waals surface area (Å²) in [5.74, 6) is 0. The quantitative estimate of drug-likeness (QED) is 0.800. The van der Waals surface area contributed by atoms with Gasteiger partial charge in [0.2, 0.25) is 0 Å². The minimum atomic E-state index is 0.566. The fourth-order valence-corrected chi connectivity index (χ4v) is 3.45. The van der Waals surface area contributed by atoms with Gasteiger partial charge in [-0.2, -0.15) is 5.10 Å². The molecule has 0 aliphatic carbocycles. The highest BCUT2D eigenvalue weighted by molar-refractivity contribution is 7.99. The topological polar surface area (TPSA) is 43.8 Å². The lowest BCUT2D eigenvalue weighted by molar-refractivity contribution is 0.692.